The van der Waals surface area contributed by atoms with Gasteiger partial charge < -0.3 is 18.9 Å². The van der Waals surface area contributed by atoms with Crippen LogP contribution in [0.2, 0.25) is 0 Å². The van der Waals surface area contributed by atoms with E-state index in [0.29, 0.717) is 40.4 Å². The number of thiophene rings is 1. The number of rotatable bonds is 6. The van der Waals surface area contributed by atoms with Crippen LogP contribution in [-0.2, 0) is 16.6 Å². The number of aromatic nitrogens is 4. The highest BCUT2D eigenvalue weighted by Gasteiger charge is 2.37. The van der Waals surface area contributed by atoms with E-state index in [9.17, 15) is 9.59 Å². The molecule has 55 heavy (non-hydrogen) atoms. The zero-order valence-corrected chi connectivity index (χ0v) is 32.4. The van der Waals surface area contributed by atoms with Crippen molar-refractivity contribution in [2.24, 2.45) is 13.0 Å². The number of aryl methyl sites for hydroxylation is 1. The standard InChI is InChI=1S/C41H41F3N6O4S/c1-21-17-49(40(52)54-41(3,4)5)22(2)31-16-29(46-50(21)31)38-36(34-27(43)14-26(42)15-32(34)53-19-23-12-33(51)48(7)18-23)35-28(44)20-55-39(35)37(45-38)25-8-9-30-24(13-25)10-11-47(30)6/h8-11,13-16,20-23H,12,17-19H2,1-7H3/t21-,22+,23+/m0/s1. The summed E-state index contributed by atoms with van der Waals surface area (Å²) in [6.45, 7) is 9.98. The third-order valence-corrected chi connectivity index (χ3v) is 11.4. The van der Waals surface area contributed by atoms with Gasteiger partial charge in [0, 0.05) is 90.6 Å². The molecule has 10 nitrogen and oxygen atoms in total. The Kier molecular flexibility index (Phi) is 8.94. The molecule has 6 aromatic rings. The van der Waals surface area contributed by atoms with Crippen LogP contribution in [0, 0.1) is 23.4 Å². The van der Waals surface area contributed by atoms with Crippen molar-refractivity contribution in [3.05, 3.63) is 77.2 Å². The molecular weight excluding hydrogens is 730 g/mol. The van der Waals surface area contributed by atoms with Crippen LogP contribution in [0.3, 0.4) is 0 Å². The molecule has 2 amide bonds. The van der Waals surface area contributed by atoms with E-state index in [-0.39, 0.29) is 58.9 Å². The van der Waals surface area contributed by atoms with Gasteiger partial charge in [0.05, 0.1) is 40.3 Å². The first kappa shape index (κ1) is 36.6. The molecule has 0 N–H and O–H groups in total. The number of carbonyl (C=O) groups excluding carboxylic acids is 2. The highest BCUT2D eigenvalue weighted by molar-refractivity contribution is 7.17. The summed E-state index contributed by atoms with van der Waals surface area (Å²) in [4.78, 5) is 34.1. The largest absolute Gasteiger partial charge is 0.492 e. The fourth-order valence-corrected chi connectivity index (χ4v) is 8.67. The first-order valence-corrected chi connectivity index (χ1v) is 19.1. The second-order valence-electron chi connectivity index (χ2n) is 15.6. The highest BCUT2D eigenvalue weighted by atomic mass is 32.1. The Morgan fingerprint density at radius 3 is 2.49 bits per heavy atom. The molecule has 1 saturated heterocycles. The quantitative estimate of drug-likeness (QED) is 0.168. The molecule has 0 saturated carbocycles. The van der Waals surface area contributed by atoms with Gasteiger partial charge in [-0.15, -0.1) is 11.3 Å². The lowest BCUT2D eigenvalue weighted by Crippen LogP contribution is -2.45. The van der Waals surface area contributed by atoms with Crippen LogP contribution in [0.25, 0.3) is 54.8 Å². The molecule has 0 radical (unpaired) electrons. The van der Waals surface area contributed by atoms with E-state index in [1.54, 1.807) is 22.9 Å². The van der Waals surface area contributed by atoms with Gasteiger partial charge in [0.2, 0.25) is 5.91 Å². The Hall–Kier alpha value is -5.37. The third-order valence-electron chi connectivity index (χ3n) is 10.4. The SMILES string of the molecule is C[C@@H]1c2cc(-c3nc(-c4ccc5c(ccn5C)c4)c4scc(F)c4c3-c3c(F)cc(F)cc3OC[C@@H]3CC(=O)N(C)C3)nn2[C@@H](C)CN1C(=O)OC(C)(C)C. The molecule has 2 aliphatic heterocycles. The van der Waals surface area contributed by atoms with E-state index in [1.165, 1.54) is 5.38 Å². The minimum atomic E-state index is -0.968. The third kappa shape index (κ3) is 6.49. The molecule has 0 bridgehead atoms. The van der Waals surface area contributed by atoms with Crippen LogP contribution in [0.1, 0.15) is 58.8 Å². The van der Waals surface area contributed by atoms with Gasteiger partial charge in [-0.25, -0.2) is 22.9 Å². The minimum absolute atomic E-state index is 0.00742. The normalized spacial score (nSPS) is 18.8. The van der Waals surface area contributed by atoms with Gasteiger partial charge in [-0.05, 0) is 58.9 Å². The van der Waals surface area contributed by atoms with Gasteiger partial charge >= 0.3 is 6.09 Å². The molecule has 2 aromatic carbocycles. The minimum Gasteiger partial charge on any atom is -0.492 e. The van der Waals surface area contributed by atoms with Crippen LogP contribution >= 0.6 is 11.3 Å². The predicted molar refractivity (Wildman–Crippen MR) is 205 cm³/mol. The summed E-state index contributed by atoms with van der Waals surface area (Å²) >= 11 is 1.14. The van der Waals surface area contributed by atoms with Crippen LogP contribution in [0.15, 0.2) is 54.0 Å². The molecule has 14 heteroatoms. The second kappa shape index (κ2) is 13.4. The summed E-state index contributed by atoms with van der Waals surface area (Å²) in [5.74, 6) is -2.85. The molecule has 1 fully saturated rings. The number of hydrogen-bond acceptors (Lipinski definition) is 7. The Bertz CT molecular complexity index is 2520. The van der Waals surface area contributed by atoms with Gasteiger partial charge in [-0.2, -0.15) is 5.10 Å². The first-order chi connectivity index (χ1) is 26.1. The summed E-state index contributed by atoms with van der Waals surface area (Å²) in [7, 11) is 3.64. The average Bonchev–Trinajstić information content (AvgIpc) is 3.90. The van der Waals surface area contributed by atoms with Crippen molar-refractivity contribution in [2.45, 2.75) is 58.7 Å². The number of amides is 2. The molecular formula is C41H41F3N6O4S. The van der Waals surface area contributed by atoms with Gasteiger partial charge in [0.25, 0.3) is 0 Å². The Labute approximate surface area is 320 Å². The summed E-state index contributed by atoms with van der Waals surface area (Å²) in [5.41, 5.74) is 2.51. The molecule has 2 aliphatic rings. The average molecular weight is 771 g/mol. The van der Waals surface area contributed by atoms with E-state index in [2.05, 4.69) is 0 Å². The molecule has 0 aliphatic carbocycles. The van der Waals surface area contributed by atoms with Crippen molar-refractivity contribution < 1.29 is 32.2 Å². The van der Waals surface area contributed by atoms with Crippen molar-refractivity contribution >= 4 is 44.3 Å². The molecule has 3 atom stereocenters. The van der Waals surface area contributed by atoms with Gasteiger partial charge in [0.15, 0.2) is 0 Å². The summed E-state index contributed by atoms with van der Waals surface area (Å²) < 4.78 is 64.1. The summed E-state index contributed by atoms with van der Waals surface area (Å²) in [6, 6.07) is 10.7. The second-order valence-corrected chi connectivity index (χ2v) is 16.5. The molecule has 6 heterocycles. The first-order valence-electron chi connectivity index (χ1n) is 18.2. The van der Waals surface area contributed by atoms with E-state index in [4.69, 9.17) is 19.6 Å². The fraction of sp³-hybridized carbons (Fsp3) is 0.366. The van der Waals surface area contributed by atoms with Gasteiger partial charge in [-0.1, -0.05) is 6.07 Å². The number of nitrogens with zero attached hydrogens (tertiary/aromatic N) is 6. The molecule has 0 spiro atoms. The van der Waals surface area contributed by atoms with Crippen LogP contribution in [0.4, 0.5) is 18.0 Å². The maximum absolute atomic E-state index is 16.5. The number of ether oxygens (including phenoxy) is 2. The van der Waals surface area contributed by atoms with Crippen molar-refractivity contribution in [1.29, 1.82) is 0 Å². The van der Waals surface area contributed by atoms with E-state index in [0.717, 1.165) is 34.4 Å². The van der Waals surface area contributed by atoms with E-state index >= 15 is 13.2 Å². The maximum Gasteiger partial charge on any atom is 0.410 e. The Morgan fingerprint density at radius 2 is 1.76 bits per heavy atom. The summed E-state index contributed by atoms with van der Waals surface area (Å²) in [5, 5.41) is 7.39. The van der Waals surface area contributed by atoms with E-state index in [1.807, 2.05) is 81.4 Å². The number of hydrogen-bond donors (Lipinski definition) is 0. The lowest BCUT2D eigenvalue weighted by Gasteiger charge is -2.38. The Morgan fingerprint density at radius 1 is 0.982 bits per heavy atom. The van der Waals surface area contributed by atoms with E-state index < -0.39 is 35.2 Å². The molecule has 286 valence electrons. The molecule has 8 rings (SSSR count). The smallest absolute Gasteiger partial charge is 0.410 e. The predicted octanol–water partition coefficient (Wildman–Crippen LogP) is 9.13. The number of carbonyl (C=O) groups is 2. The summed E-state index contributed by atoms with van der Waals surface area (Å²) in [6.07, 6.45) is 1.72. The Balaban J connectivity index is 1.35. The number of likely N-dealkylation sites (tertiary alicyclic amines) is 1. The zero-order chi connectivity index (χ0) is 39.1. The van der Waals surface area contributed by atoms with Gasteiger partial charge in [-0.3, -0.25) is 14.4 Å². The lowest BCUT2D eigenvalue weighted by atomic mass is 9.94. The fourth-order valence-electron chi connectivity index (χ4n) is 7.74. The van der Waals surface area contributed by atoms with Crippen LogP contribution < -0.4 is 4.74 Å². The number of fused-ring (bicyclic) bond motifs is 3. The number of benzene rings is 2. The maximum atomic E-state index is 16.5. The van der Waals surface area contributed by atoms with Crippen LogP contribution in [-0.4, -0.2) is 73.5 Å². The van der Waals surface area contributed by atoms with Gasteiger partial charge in [0.1, 0.15) is 40.2 Å². The molecule has 4 aromatic heterocycles. The topological polar surface area (TPSA) is 94.7 Å². The van der Waals surface area contributed by atoms with Crippen molar-refractivity contribution in [3.8, 4) is 39.5 Å². The number of pyridine rings is 1. The van der Waals surface area contributed by atoms with Crippen LogP contribution in [0.5, 0.6) is 5.75 Å². The highest BCUT2D eigenvalue weighted by Crippen LogP contribution is 2.49. The number of halogens is 3. The van der Waals surface area contributed by atoms with Crippen molar-refractivity contribution in [3.63, 3.8) is 0 Å². The lowest BCUT2D eigenvalue weighted by molar-refractivity contribution is -0.126. The van der Waals surface area contributed by atoms with Crippen molar-refractivity contribution in [1.82, 2.24) is 29.1 Å². The molecule has 0 unspecified atom stereocenters. The monoisotopic (exact) mass is 770 g/mol. The van der Waals surface area contributed by atoms with Crippen molar-refractivity contribution in [2.75, 3.05) is 26.7 Å². The zero-order valence-electron chi connectivity index (χ0n) is 31.6.